The number of aliphatic hydroxyl groups excluding tert-OH is 1. The summed E-state index contributed by atoms with van der Waals surface area (Å²) in [6, 6.07) is 4.77. The molecule has 0 saturated heterocycles. The van der Waals surface area contributed by atoms with E-state index in [9.17, 15) is 9.50 Å². The van der Waals surface area contributed by atoms with Crippen LogP contribution in [-0.2, 0) is 0 Å². The predicted molar refractivity (Wildman–Crippen MR) is 65.1 cm³/mol. The minimum Gasteiger partial charge on any atom is -0.389 e. The summed E-state index contributed by atoms with van der Waals surface area (Å²) in [6.07, 6.45) is 1.05. The van der Waals surface area contributed by atoms with Gasteiger partial charge in [-0.2, -0.15) is 0 Å². The van der Waals surface area contributed by atoms with Crippen molar-refractivity contribution in [1.82, 2.24) is 0 Å². The van der Waals surface area contributed by atoms with Gasteiger partial charge in [0.1, 0.15) is 5.82 Å². The van der Waals surface area contributed by atoms with Crippen LogP contribution in [0, 0.1) is 5.82 Å². The quantitative estimate of drug-likeness (QED) is 0.776. The summed E-state index contributed by atoms with van der Waals surface area (Å²) >= 11 is 0. The third kappa shape index (κ3) is 2.61. The summed E-state index contributed by atoms with van der Waals surface area (Å²) in [5.74, 6) is -0.304. The molecule has 0 aliphatic heterocycles. The number of rotatable bonds is 5. The highest BCUT2D eigenvalue weighted by atomic mass is 19.1. The molecule has 0 aliphatic carbocycles. The van der Waals surface area contributed by atoms with Crippen LogP contribution >= 0.6 is 0 Å². The van der Waals surface area contributed by atoms with E-state index in [4.69, 9.17) is 0 Å². The highest BCUT2D eigenvalue weighted by Crippen LogP contribution is 2.29. The zero-order chi connectivity index (χ0) is 12.1. The Labute approximate surface area is 96.0 Å². The van der Waals surface area contributed by atoms with Gasteiger partial charge in [-0.15, -0.1) is 6.58 Å². The van der Waals surface area contributed by atoms with E-state index in [0.29, 0.717) is 24.3 Å². The Bertz CT molecular complexity index is 363. The number of nitrogens with zero attached hydrogens (tertiary/aromatic N) is 1. The van der Waals surface area contributed by atoms with Gasteiger partial charge in [-0.3, -0.25) is 0 Å². The fourth-order valence-electron chi connectivity index (χ4n) is 1.74. The lowest BCUT2D eigenvalue weighted by atomic mass is 10.1. The molecule has 0 radical (unpaired) electrons. The largest absolute Gasteiger partial charge is 0.389 e. The molecule has 0 aromatic heterocycles. The molecule has 0 aliphatic rings. The molecule has 0 fully saturated rings. The Morgan fingerprint density at radius 3 is 2.75 bits per heavy atom. The van der Waals surface area contributed by atoms with Crippen molar-refractivity contribution in [3.8, 4) is 0 Å². The van der Waals surface area contributed by atoms with Crippen LogP contribution in [0.1, 0.15) is 25.5 Å². The molecule has 0 bridgehead atoms. The van der Waals surface area contributed by atoms with Crippen molar-refractivity contribution < 1.29 is 9.50 Å². The maximum Gasteiger partial charge on any atom is 0.146 e. The van der Waals surface area contributed by atoms with Crippen molar-refractivity contribution in [2.75, 3.05) is 18.0 Å². The zero-order valence-electron chi connectivity index (χ0n) is 9.78. The van der Waals surface area contributed by atoms with Gasteiger partial charge in [0.15, 0.2) is 0 Å². The molecular formula is C13H18FNO. The van der Waals surface area contributed by atoms with Crippen molar-refractivity contribution in [3.63, 3.8) is 0 Å². The summed E-state index contributed by atoms with van der Waals surface area (Å²) in [4.78, 5) is 1.85. The van der Waals surface area contributed by atoms with E-state index in [2.05, 4.69) is 6.58 Å². The van der Waals surface area contributed by atoms with Gasteiger partial charge in [0.25, 0.3) is 0 Å². The molecule has 88 valence electrons. The van der Waals surface area contributed by atoms with Gasteiger partial charge in [0.05, 0.1) is 11.8 Å². The number of likely N-dealkylation sites (N-methyl/N-ethyl adjacent to an activating group) is 1. The minimum absolute atomic E-state index is 0.304. The van der Waals surface area contributed by atoms with Gasteiger partial charge >= 0.3 is 0 Å². The molecule has 0 heterocycles. The van der Waals surface area contributed by atoms with Gasteiger partial charge < -0.3 is 10.0 Å². The zero-order valence-corrected chi connectivity index (χ0v) is 9.78. The lowest BCUT2D eigenvalue weighted by Crippen LogP contribution is -2.25. The third-order valence-corrected chi connectivity index (χ3v) is 2.52. The molecule has 0 spiro atoms. The topological polar surface area (TPSA) is 23.5 Å². The first-order valence-electron chi connectivity index (χ1n) is 5.44. The van der Waals surface area contributed by atoms with E-state index >= 15 is 0 Å². The lowest BCUT2D eigenvalue weighted by Gasteiger charge is -2.25. The van der Waals surface area contributed by atoms with Gasteiger partial charge in [0.2, 0.25) is 0 Å². The van der Waals surface area contributed by atoms with Crippen LogP contribution in [0.3, 0.4) is 0 Å². The number of anilines is 1. The van der Waals surface area contributed by atoms with Crippen LogP contribution in [0.15, 0.2) is 30.9 Å². The summed E-state index contributed by atoms with van der Waals surface area (Å²) in [5, 5.41) is 9.62. The minimum atomic E-state index is -0.676. The Hall–Kier alpha value is -1.35. The average Bonchev–Trinajstić information content (AvgIpc) is 2.26. The Kier molecular flexibility index (Phi) is 4.50. The Balaban J connectivity index is 3.22. The molecule has 1 unspecified atom stereocenters. The molecule has 0 saturated carbocycles. The van der Waals surface area contributed by atoms with Crippen molar-refractivity contribution in [2.45, 2.75) is 20.0 Å². The molecule has 1 rings (SSSR count). The SMILES string of the molecule is C=CCN(CC)c1c(F)cccc1C(C)O. The number of aliphatic hydroxyl groups is 1. The summed E-state index contributed by atoms with van der Waals surface area (Å²) in [5.41, 5.74) is 1.09. The fourth-order valence-corrected chi connectivity index (χ4v) is 1.74. The molecule has 1 aromatic carbocycles. The standard InChI is InChI=1S/C13H18FNO/c1-4-9-15(5-2)13-11(10(3)16)7-6-8-12(13)14/h4,6-8,10,16H,1,5,9H2,2-3H3. The third-order valence-electron chi connectivity index (χ3n) is 2.52. The second-order valence-corrected chi connectivity index (χ2v) is 3.68. The van der Waals surface area contributed by atoms with Crippen LogP contribution < -0.4 is 4.90 Å². The summed E-state index contributed by atoms with van der Waals surface area (Å²) < 4.78 is 13.8. The first-order valence-corrected chi connectivity index (χ1v) is 5.44. The first kappa shape index (κ1) is 12.7. The van der Waals surface area contributed by atoms with Crippen LogP contribution in [0.5, 0.6) is 0 Å². The number of hydrogen-bond donors (Lipinski definition) is 1. The molecule has 1 atom stereocenters. The maximum atomic E-state index is 13.8. The molecule has 0 amide bonds. The van der Waals surface area contributed by atoms with E-state index in [1.807, 2.05) is 11.8 Å². The Morgan fingerprint density at radius 1 is 1.56 bits per heavy atom. The molecule has 16 heavy (non-hydrogen) atoms. The highest BCUT2D eigenvalue weighted by Gasteiger charge is 2.16. The van der Waals surface area contributed by atoms with Gasteiger partial charge in [-0.05, 0) is 19.9 Å². The van der Waals surface area contributed by atoms with Crippen molar-refractivity contribution >= 4 is 5.69 Å². The second-order valence-electron chi connectivity index (χ2n) is 3.68. The van der Waals surface area contributed by atoms with Gasteiger partial charge in [-0.25, -0.2) is 4.39 Å². The van der Waals surface area contributed by atoms with Gasteiger partial charge in [0, 0.05) is 18.7 Å². The van der Waals surface area contributed by atoms with Crippen molar-refractivity contribution in [1.29, 1.82) is 0 Å². The van der Waals surface area contributed by atoms with E-state index in [-0.39, 0.29) is 5.82 Å². The van der Waals surface area contributed by atoms with E-state index in [0.717, 1.165) is 0 Å². The molecular weight excluding hydrogens is 205 g/mol. The van der Waals surface area contributed by atoms with Crippen molar-refractivity contribution in [2.24, 2.45) is 0 Å². The number of para-hydroxylation sites is 1. The smallest absolute Gasteiger partial charge is 0.146 e. The second kappa shape index (κ2) is 5.66. The molecule has 2 nitrogen and oxygen atoms in total. The molecule has 3 heteroatoms. The molecule has 1 aromatic rings. The van der Waals surface area contributed by atoms with E-state index in [1.54, 1.807) is 25.1 Å². The fraction of sp³-hybridized carbons (Fsp3) is 0.385. The maximum absolute atomic E-state index is 13.8. The first-order chi connectivity index (χ1) is 7.61. The van der Waals surface area contributed by atoms with Crippen LogP contribution in [0.4, 0.5) is 10.1 Å². The summed E-state index contributed by atoms with van der Waals surface area (Å²) in [6.45, 7) is 8.48. The highest BCUT2D eigenvalue weighted by molar-refractivity contribution is 5.56. The lowest BCUT2D eigenvalue weighted by molar-refractivity contribution is 0.199. The predicted octanol–water partition coefficient (Wildman–Crippen LogP) is 2.89. The number of halogens is 1. The van der Waals surface area contributed by atoms with E-state index in [1.165, 1.54) is 6.07 Å². The van der Waals surface area contributed by atoms with Crippen LogP contribution in [0.2, 0.25) is 0 Å². The number of hydrogen-bond acceptors (Lipinski definition) is 2. The van der Waals surface area contributed by atoms with Crippen LogP contribution in [-0.4, -0.2) is 18.2 Å². The van der Waals surface area contributed by atoms with Gasteiger partial charge in [-0.1, -0.05) is 18.2 Å². The summed E-state index contributed by atoms with van der Waals surface area (Å²) in [7, 11) is 0. The van der Waals surface area contributed by atoms with Crippen LogP contribution in [0.25, 0.3) is 0 Å². The molecule has 1 N–H and O–H groups in total. The Morgan fingerprint density at radius 2 is 2.25 bits per heavy atom. The normalized spacial score (nSPS) is 12.2. The average molecular weight is 223 g/mol. The number of benzene rings is 1. The van der Waals surface area contributed by atoms with E-state index < -0.39 is 6.10 Å². The monoisotopic (exact) mass is 223 g/mol. The van der Waals surface area contributed by atoms with Crippen molar-refractivity contribution in [3.05, 3.63) is 42.2 Å².